The minimum Gasteiger partial charge on any atom is -0.475 e. The number of imidazole rings is 1. The lowest BCUT2D eigenvalue weighted by atomic mass is 10.2. The van der Waals surface area contributed by atoms with Gasteiger partial charge < -0.3 is 14.4 Å². The van der Waals surface area contributed by atoms with Crippen molar-refractivity contribution in [2.75, 3.05) is 31.1 Å². The standard InChI is InChI=1S/C17H18ClN5.C2HF3O2/c18-15-3-1-2-14(12-15)13-21-8-10-23(11-9-21)17-16-19-4-6-22(16)7-5-20-17;3-2(4,5)1(6)7/h1-7,12H,8-11,13H2;(H,6,7). The highest BCUT2D eigenvalue weighted by atomic mass is 35.5. The highest BCUT2D eigenvalue weighted by Gasteiger charge is 2.38. The molecule has 0 radical (unpaired) electrons. The van der Waals surface area contributed by atoms with Crippen molar-refractivity contribution in [3.05, 3.63) is 59.6 Å². The van der Waals surface area contributed by atoms with Gasteiger partial charge in [-0.1, -0.05) is 23.7 Å². The van der Waals surface area contributed by atoms with Crippen molar-refractivity contribution >= 4 is 29.0 Å². The number of halogens is 4. The molecule has 0 spiro atoms. The number of hydrogen-bond donors (Lipinski definition) is 1. The maximum atomic E-state index is 10.6. The minimum absolute atomic E-state index is 0.802. The molecule has 1 N–H and O–H groups in total. The number of rotatable bonds is 3. The Morgan fingerprint density at radius 1 is 1.10 bits per heavy atom. The van der Waals surface area contributed by atoms with Crippen LogP contribution >= 0.6 is 11.6 Å². The quantitative estimate of drug-likeness (QED) is 0.672. The van der Waals surface area contributed by atoms with E-state index >= 15 is 0 Å². The third-order valence-corrected chi connectivity index (χ3v) is 4.74. The van der Waals surface area contributed by atoms with Crippen molar-refractivity contribution in [3.63, 3.8) is 0 Å². The summed E-state index contributed by atoms with van der Waals surface area (Å²) in [7, 11) is 0. The first-order chi connectivity index (χ1) is 14.2. The molecule has 0 aliphatic carbocycles. The number of carboxylic acids is 1. The van der Waals surface area contributed by atoms with E-state index in [1.165, 1.54) is 5.56 Å². The first-order valence-corrected chi connectivity index (χ1v) is 9.41. The van der Waals surface area contributed by atoms with Crippen molar-refractivity contribution in [1.29, 1.82) is 0 Å². The van der Waals surface area contributed by atoms with Gasteiger partial charge in [-0.2, -0.15) is 13.2 Å². The van der Waals surface area contributed by atoms with Crippen LogP contribution in [-0.4, -0.2) is 62.7 Å². The molecule has 1 aliphatic heterocycles. The number of hydrogen-bond acceptors (Lipinski definition) is 5. The van der Waals surface area contributed by atoms with Gasteiger partial charge in [-0.25, -0.2) is 14.8 Å². The maximum Gasteiger partial charge on any atom is 0.490 e. The van der Waals surface area contributed by atoms with Gasteiger partial charge in [0, 0.05) is 62.5 Å². The number of aromatic nitrogens is 3. The van der Waals surface area contributed by atoms with Gasteiger partial charge in [0.25, 0.3) is 0 Å². The molecule has 1 saturated heterocycles. The van der Waals surface area contributed by atoms with Crippen LogP contribution in [0.5, 0.6) is 0 Å². The van der Waals surface area contributed by atoms with Gasteiger partial charge in [0.15, 0.2) is 11.5 Å². The zero-order chi connectivity index (χ0) is 21.7. The molecule has 3 aromatic rings. The van der Waals surface area contributed by atoms with E-state index in [2.05, 4.69) is 25.8 Å². The van der Waals surface area contributed by atoms with Crippen LogP contribution in [0.15, 0.2) is 49.1 Å². The molecule has 0 saturated carbocycles. The summed E-state index contributed by atoms with van der Waals surface area (Å²) in [6.45, 7) is 4.88. The molecule has 4 rings (SSSR count). The molecule has 30 heavy (non-hydrogen) atoms. The summed E-state index contributed by atoms with van der Waals surface area (Å²) in [4.78, 5) is 22.6. The van der Waals surface area contributed by atoms with Crippen LogP contribution < -0.4 is 4.90 Å². The Labute approximate surface area is 175 Å². The van der Waals surface area contributed by atoms with Gasteiger partial charge in [-0.15, -0.1) is 0 Å². The number of carbonyl (C=O) groups is 1. The molecule has 160 valence electrons. The average Bonchev–Trinajstić information content (AvgIpc) is 3.17. The lowest BCUT2D eigenvalue weighted by Gasteiger charge is -2.35. The predicted octanol–water partition coefficient (Wildman–Crippen LogP) is 3.34. The number of alkyl halides is 3. The molecule has 1 fully saturated rings. The van der Waals surface area contributed by atoms with Crippen LogP contribution in [0.25, 0.3) is 5.65 Å². The number of nitrogens with zero attached hydrogens (tertiary/aromatic N) is 5. The van der Waals surface area contributed by atoms with Gasteiger partial charge in [0.05, 0.1) is 0 Å². The van der Waals surface area contributed by atoms with E-state index in [-0.39, 0.29) is 0 Å². The molecule has 1 aromatic carbocycles. The third-order valence-electron chi connectivity index (χ3n) is 4.50. The summed E-state index contributed by atoms with van der Waals surface area (Å²) in [6, 6.07) is 8.10. The second-order valence-electron chi connectivity index (χ2n) is 6.60. The number of benzene rings is 1. The van der Waals surface area contributed by atoms with Gasteiger partial charge >= 0.3 is 12.1 Å². The van der Waals surface area contributed by atoms with Gasteiger partial charge in [0.2, 0.25) is 0 Å². The Kier molecular flexibility index (Phi) is 6.78. The second kappa shape index (κ2) is 9.31. The van der Waals surface area contributed by atoms with Crippen molar-refractivity contribution in [2.45, 2.75) is 12.7 Å². The first-order valence-electron chi connectivity index (χ1n) is 9.03. The Bertz CT molecular complexity index is 1000. The minimum atomic E-state index is -5.08. The fourth-order valence-corrected chi connectivity index (χ4v) is 3.29. The largest absolute Gasteiger partial charge is 0.490 e. The van der Waals surface area contributed by atoms with Gasteiger partial charge in [-0.05, 0) is 17.7 Å². The second-order valence-corrected chi connectivity index (χ2v) is 7.04. The highest BCUT2D eigenvalue weighted by Crippen LogP contribution is 2.20. The van der Waals surface area contributed by atoms with E-state index in [0.29, 0.717) is 0 Å². The van der Waals surface area contributed by atoms with E-state index in [1.807, 2.05) is 47.4 Å². The molecule has 0 atom stereocenters. The van der Waals surface area contributed by atoms with Crippen LogP contribution in [0.1, 0.15) is 5.56 Å². The zero-order valence-electron chi connectivity index (χ0n) is 15.8. The number of anilines is 1. The Morgan fingerprint density at radius 2 is 1.73 bits per heavy atom. The lowest BCUT2D eigenvalue weighted by Crippen LogP contribution is -2.46. The van der Waals surface area contributed by atoms with Crippen molar-refractivity contribution in [2.24, 2.45) is 0 Å². The molecular weight excluding hydrogens is 423 g/mol. The molecule has 1 aliphatic rings. The van der Waals surface area contributed by atoms with E-state index in [9.17, 15) is 13.2 Å². The topological polar surface area (TPSA) is 74.0 Å². The predicted molar refractivity (Wildman–Crippen MR) is 106 cm³/mol. The van der Waals surface area contributed by atoms with Crippen molar-refractivity contribution < 1.29 is 23.1 Å². The summed E-state index contributed by atoms with van der Waals surface area (Å²) < 4.78 is 33.8. The number of fused-ring (bicyclic) bond motifs is 1. The highest BCUT2D eigenvalue weighted by molar-refractivity contribution is 6.30. The van der Waals surface area contributed by atoms with E-state index in [1.54, 1.807) is 0 Å². The van der Waals surface area contributed by atoms with Crippen LogP contribution in [0.4, 0.5) is 19.0 Å². The average molecular weight is 442 g/mol. The van der Waals surface area contributed by atoms with E-state index < -0.39 is 12.1 Å². The van der Waals surface area contributed by atoms with Crippen LogP contribution in [0.3, 0.4) is 0 Å². The third kappa shape index (κ3) is 5.61. The fraction of sp³-hybridized carbons (Fsp3) is 0.316. The molecule has 0 unspecified atom stereocenters. The number of aliphatic carboxylic acids is 1. The molecule has 0 amide bonds. The van der Waals surface area contributed by atoms with E-state index in [4.69, 9.17) is 21.5 Å². The smallest absolute Gasteiger partial charge is 0.475 e. The summed E-state index contributed by atoms with van der Waals surface area (Å²) in [5, 5.41) is 7.93. The number of piperazine rings is 1. The summed E-state index contributed by atoms with van der Waals surface area (Å²) in [5.41, 5.74) is 2.19. The Hall–Kier alpha value is -2.85. The summed E-state index contributed by atoms with van der Waals surface area (Å²) in [6.07, 6.45) is 2.45. The summed E-state index contributed by atoms with van der Waals surface area (Å²) in [5.74, 6) is -1.78. The fourth-order valence-electron chi connectivity index (χ4n) is 3.07. The molecular formula is C19H19ClF3N5O2. The SMILES string of the molecule is Clc1cccc(CN2CCN(c3nccn4ccnc34)CC2)c1.O=C(O)C(F)(F)F. The molecule has 11 heteroatoms. The molecule has 2 aromatic heterocycles. The van der Waals surface area contributed by atoms with Crippen LogP contribution in [-0.2, 0) is 11.3 Å². The normalized spacial score (nSPS) is 15.0. The monoisotopic (exact) mass is 441 g/mol. The summed E-state index contributed by atoms with van der Waals surface area (Å²) >= 11 is 6.07. The van der Waals surface area contributed by atoms with Gasteiger partial charge in [0.1, 0.15) is 0 Å². The molecule has 7 nitrogen and oxygen atoms in total. The molecule has 3 heterocycles. The van der Waals surface area contributed by atoms with E-state index in [0.717, 1.165) is 49.2 Å². The Balaban J connectivity index is 0.000000318. The number of carboxylic acid groups (broad SMARTS) is 1. The maximum absolute atomic E-state index is 10.6. The van der Waals surface area contributed by atoms with Crippen molar-refractivity contribution in [1.82, 2.24) is 19.3 Å². The molecule has 0 bridgehead atoms. The van der Waals surface area contributed by atoms with Gasteiger partial charge in [-0.3, -0.25) is 4.90 Å². The van der Waals surface area contributed by atoms with Crippen LogP contribution in [0.2, 0.25) is 5.02 Å². The zero-order valence-corrected chi connectivity index (χ0v) is 16.5. The first kappa shape index (κ1) is 21.8. The Morgan fingerprint density at radius 3 is 2.33 bits per heavy atom. The van der Waals surface area contributed by atoms with Crippen LogP contribution in [0, 0.1) is 0 Å². The van der Waals surface area contributed by atoms with Crippen molar-refractivity contribution in [3.8, 4) is 0 Å². The lowest BCUT2D eigenvalue weighted by molar-refractivity contribution is -0.192.